The highest BCUT2D eigenvalue weighted by Gasteiger charge is 1.86. The smallest absolute Gasteiger partial charge is 0.0345 e. The largest absolute Gasteiger partial charge is 0.0885 e. The molecule has 0 heteroatoms. The lowest BCUT2D eigenvalue weighted by molar-refractivity contribution is 0.694. The second-order valence-electron chi connectivity index (χ2n) is 3.90. The van der Waals surface area contributed by atoms with Crippen molar-refractivity contribution in [3.05, 3.63) is 36.5 Å². The number of hydrogen-bond acceptors (Lipinski definition) is 0. The van der Waals surface area contributed by atoms with Gasteiger partial charge in [0.15, 0.2) is 0 Å². The summed E-state index contributed by atoms with van der Waals surface area (Å²) in [6.07, 6.45) is 24.0. The first-order chi connectivity index (χ1) is 7.00. The molecule has 0 aromatic rings. The summed E-state index contributed by atoms with van der Waals surface area (Å²) >= 11 is 0. The highest BCUT2D eigenvalue weighted by atomic mass is 13.9. The van der Waals surface area contributed by atoms with Crippen molar-refractivity contribution in [2.75, 3.05) is 0 Å². The van der Waals surface area contributed by atoms with Gasteiger partial charge in [0, 0.05) is 0 Å². The van der Waals surface area contributed by atoms with E-state index in [4.69, 9.17) is 0 Å². The summed E-state index contributed by atoms with van der Waals surface area (Å²) in [4.78, 5) is 0. The van der Waals surface area contributed by atoms with Crippen LogP contribution in [0.2, 0.25) is 0 Å². The van der Waals surface area contributed by atoms with Gasteiger partial charge in [-0.05, 0) is 44.9 Å². The molecule has 0 fully saturated rings. The zero-order chi connectivity index (χ0) is 9.90. The van der Waals surface area contributed by atoms with Crippen LogP contribution in [0.1, 0.15) is 51.4 Å². The first kappa shape index (κ1) is 11.3. The van der Waals surface area contributed by atoms with Crippen LogP contribution in [0.3, 0.4) is 0 Å². The fourth-order valence-electron chi connectivity index (χ4n) is 1.64. The van der Waals surface area contributed by atoms with E-state index >= 15 is 0 Å². The molecule has 1 aliphatic rings. The van der Waals surface area contributed by atoms with E-state index in [1.165, 1.54) is 51.4 Å². The number of hydrogen-bond donors (Lipinski definition) is 0. The first-order valence-corrected chi connectivity index (χ1v) is 5.97. The Kier molecular flexibility index (Phi) is 7.10. The third-order valence-corrected chi connectivity index (χ3v) is 2.53. The molecule has 0 aromatic heterocycles. The molecule has 0 aliphatic heterocycles. The van der Waals surface area contributed by atoms with Crippen molar-refractivity contribution in [3.8, 4) is 0 Å². The van der Waals surface area contributed by atoms with Crippen LogP contribution in [0.15, 0.2) is 36.5 Å². The Morgan fingerprint density at radius 3 is 1.64 bits per heavy atom. The maximum absolute atomic E-state index is 2.35. The molecule has 1 rings (SSSR count). The third-order valence-electron chi connectivity index (χ3n) is 2.53. The van der Waals surface area contributed by atoms with Gasteiger partial charge in [0.25, 0.3) is 0 Å². The SMILES string of the molecule is C1=C\CCC/C=C/CCCCC/C=C/1. The van der Waals surface area contributed by atoms with Crippen molar-refractivity contribution < 1.29 is 0 Å². The molecular weight excluding hydrogens is 168 g/mol. The first-order valence-electron chi connectivity index (χ1n) is 5.97. The van der Waals surface area contributed by atoms with Crippen molar-refractivity contribution in [3.63, 3.8) is 0 Å². The van der Waals surface area contributed by atoms with Gasteiger partial charge in [-0.3, -0.25) is 0 Å². The van der Waals surface area contributed by atoms with Gasteiger partial charge in [0.1, 0.15) is 0 Å². The Morgan fingerprint density at radius 1 is 0.429 bits per heavy atom. The van der Waals surface area contributed by atoms with E-state index in [2.05, 4.69) is 36.5 Å². The van der Waals surface area contributed by atoms with Crippen LogP contribution >= 0.6 is 0 Å². The maximum Gasteiger partial charge on any atom is -0.0345 e. The van der Waals surface area contributed by atoms with Crippen molar-refractivity contribution in [2.24, 2.45) is 0 Å². The van der Waals surface area contributed by atoms with Crippen LogP contribution in [0.5, 0.6) is 0 Å². The molecule has 0 nitrogen and oxygen atoms in total. The Labute approximate surface area is 88.4 Å². The molecule has 0 bridgehead atoms. The fraction of sp³-hybridized carbons (Fsp3) is 0.571. The Hall–Kier alpha value is -0.780. The number of allylic oxidation sites excluding steroid dienone is 6. The normalized spacial score (nSPS) is 27.4. The second kappa shape index (κ2) is 8.80. The topological polar surface area (TPSA) is 0 Å². The Morgan fingerprint density at radius 2 is 0.929 bits per heavy atom. The monoisotopic (exact) mass is 190 g/mol. The highest BCUT2D eigenvalue weighted by Crippen LogP contribution is 2.06. The molecule has 0 aromatic carbocycles. The van der Waals surface area contributed by atoms with Crippen LogP contribution in [0.25, 0.3) is 0 Å². The molecule has 0 amide bonds. The van der Waals surface area contributed by atoms with Crippen LogP contribution in [-0.4, -0.2) is 0 Å². The van der Waals surface area contributed by atoms with Crippen LogP contribution in [0, 0.1) is 0 Å². The molecule has 1 aliphatic carbocycles. The molecule has 0 radical (unpaired) electrons. The Balaban J connectivity index is 2.25. The van der Waals surface area contributed by atoms with E-state index in [0.717, 1.165) is 0 Å². The molecule has 0 heterocycles. The van der Waals surface area contributed by atoms with E-state index in [1.54, 1.807) is 0 Å². The fourth-order valence-corrected chi connectivity index (χ4v) is 1.64. The van der Waals surface area contributed by atoms with Crippen molar-refractivity contribution in [2.45, 2.75) is 51.4 Å². The van der Waals surface area contributed by atoms with Gasteiger partial charge in [0.05, 0.1) is 0 Å². The van der Waals surface area contributed by atoms with Crippen LogP contribution in [0.4, 0.5) is 0 Å². The molecule has 0 saturated heterocycles. The van der Waals surface area contributed by atoms with Gasteiger partial charge in [-0.2, -0.15) is 0 Å². The zero-order valence-corrected chi connectivity index (χ0v) is 9.12. The van der Waals surface area contributed by atoms with E-state index in [-0.39, 0.29) is 0 Å². The van der Waals surface area contributed by atoms with Crippen molar-refractivity contribution in [1.29, 1.82) is 0 Å². The lowest BCUT2D eigenvalue weighted by Crippen LogP contribution is -1.76. The molecule has 78 valence electrons. The average Bonchev–Trinajstić information content (AvgIpc) is 2.22. The summed E-state index contributed by atoms with van der Waals surface area (Å²) in [5, 5.41) is 0. The second-order valence-corrected chi connectivity index (χ2v) is 3.90. The predicted molar refractivity (Wildman–Crippen MR) is 64.4 cm³/mol. The van der Waals surface area contributed by atoms with Crippen molar-refractivity contribution in [1.82, 2.24) is 0 Å². The standard InChI is InChI=1S/C14H22/c1-2-4-6-8-10-12-14-13-11-9-7-5-3-1/h1-4,11,13H,5-10,12,14H2/b3-1-,4-2+,13-11+. The van der Waals surface area contributed by atoms with E-state index in [9.17, 15) is 0 Å². The summed E-state index contributed by atoms with van der Waals surface area (Å²) in [6, 6.07) is 0. The van der Waals surface area contributed by atoms with Gasteiger partial charge in [0.2, 0.25) is 0 Å². The molecule has 0 unspecified atom stereocenters. The highest BCUT2D eigenvalue weighted by molar-refractivity contribution is 5.02. The molecule has 0 atom stereocenters. The summed E-state index contributed by atoms with van der Waals surface area (Å²) < 4.78 is 0. The molecule has 0 N–H and O–H groups in total. The van der Waals surface area contributed by atoms with Gasteiger partial charge >= 0.3 is 0 Å². The van der Waals surface area contributed by atoms with Crippen LogP contribution < -0.4 is 0 Å². The minimum Gasteiger partial charge on any atom is -0.0885 e. The van der Waals surface area contributed by atoms with Crippen LogP contribution in [-0.2, 0) is 0 Å². The number of rotatable bonds is 0. The average molecular weight is 190 g/mol. The van der Waals surface area contributed by atoms with Gasteiger partial charge < -0.3 is 0 Å². The minimum atomic E-state index is 1.22. The molecule has 0 spiro atoms. The lowest BCUT2D eigenvalue weighted by atomic mass is 10.1. The quantitative estimate of drug-likeness (QED) is 0.482. The van der Waals surface area contributed by atoms with Crippen molar-refractivity contribution >= 4 is 0 Å². The minimum absolute atomic E-state index is 1.22. The summed E-state index contributed by atoms with van der Waals surface area (Å²) in [6.45, 7) is 0. The molecule has 14 heavy (non-hydrogen) atoms. The molecular formula is C14H22. The Bertz CT molecular complexity index is 196. The van der Waals surface area contributed by atoms with E-state index < -0.39 is 0 Å². The maximum atomic E-state index is 2.35. The van der Waals surface area contributed by atoms with Gasteiger partial charge in [-0.15, -0.1) is 0 Å². The summed E-state index contributed by atoms with van der Waals surface area (Å²) in [7, 11) is 0. The summed E-state index contributed by atoms with van der Waals surface area (Å²) in [5.41, 5.74) is 0. The summed E-state index contributed by atoms with van der Waals surface area (Å²) in [5.74, 6) is 0. The lowest BCUT2D eigenvalue weighted by Gasteiger charge is -1.96. The van der Waals surface area contributed by atoms with Gasteiger partial charge in [-0.25, -0.2) is 0 Å². The van der Waals surface area contributed by atoms with E-state index in [1.807, 2.05) is 0 Å². The van der Waals surface area contributed by atoms with E-state index in [0.29, 0.717) is 0 Å². The predicted octanol–water partition coefficient (Wildman–Crippen LogP) is 4.79. The molecule has 0 saturated carbocycles. The van der Waals surface area contributed by atoms with Gasteiger partial charge in [-0.1, -0.05) is 42.9 Å². The third kappa shape index (κ3) is 6.71. The zero-order valence-electron chi connectivity index (χ0n) is 9.12.